The highest BCUT2D eigenvalue weighted by Crippen LogP contribution is 2.28. The van der Waals surface area contributed by atoms with Crippen molar-refractivity contribution in [2.45, 2.75) is 45.8 Å². The number of methoxy groups -OCH3 is 1. The zero-order valence-corrected chi connectivity index (χ0v) is 18.4. The molecule has 1 aliphatic rings. The topological polar surface area (TPSA) is 64.1 Å². The Morgan fingerprint density at radius 2 is 2.12 bits per heavy atom. The number of hydrogen-bond donors (Lipinski definition) is 2. The number of guanidine groups is 1. The number of halogens is 1. The second kappa shape index (κ2) is 13.0. The smallest absolute Gasteiger partial charge is 0.191 e. The second-order valence-corrected chi connectivity index (χ2v) is 6.04. The van der Waals surface area contributed by atoms with Crippen LogP contribution in [0, 0.1) is 0 Å². The van der Waals surface area contributed by atoms with Gasteiger partial charge in [-0.3, -0.25) is 0 Å². The van der Waals surface area contributed by atoms with Crippen LogP contribution in [0.15, 0.2) is 23.2 Å². The predicted molar refractivity (Wildman–Crippen MR) is 116 cm³/mol. The zero-order valence-electron chi connectivity index (χ0n) is 16.0. The fraction of sp³-hybridized carbons (Fsp3) is 0.632. The largest absolute Gasteiger partial charge is 0.493 e. The zero-order chi connectivity index (χ0) is 17.9. The first kappa shape index (κ1) is 22.8. The van der Waals surface area contributed by atoms with Crippen LogP contribution in [0.5, 0.6) is 11.5 Å². The third kappa shape index (κ3) is 7.57. The van der Waals surface area contributed by atoms with Crippen LogP contribution in [0.2, 0.25) is 0 Å². The number of benzene rings is 1. The molecule has 2 rings (SSSR count). The van der Waals surface area contributed by atoms with E-state index >= 15 is 0 Å². The van der Waals surface area contributed by atoms with Gasteiger partial charge in [0.25, 0.3) is 0 Å². The first-order chi connectivity index (χ1) is 12.3. The van der Waals surface area contributed by atoms with Crippen molar-refractivity contribution in [2.75, 3.05) is 33.4 Å². The fourth-order valence-corrected chi connectivity index (χ4v) is 2.67. The fourth-order valence-electron chi connectivity index (χ4n) is 2.67. The Labute approximate surface area is 174 Å². The van der Waals surface area contributed by atoms with Crippen LogP contribution in [0.4, 0.5) is 0 Å². The van der Waals surface area contributed by atoms with E-state index < -0.39 is 0 Å². The molecule has 1 saturated heterocycles. The van der Waals surface area contributed by atoms with E-state index in [0.29, 0.717) is 19.3 Å². The maximum absolute atomic E-state index is 5.69. The minimum absolute atomic E-state index is 0. The number of aliphatic imine (C=N–C) groups is 1. The maximum atomic E-state index is 5.69. The average Bonchev–Trinajstić information content (AvgIpc) is 3.16. The van der Waals surface area contributed by atoms with Crippen molar-refractivity contribution < 1.29 is 14.2 Å². The molecule has 26 heavy (non-hydrogen) atoms. The van der Waals surface area contributed by atoms with Gasteiger partial charge in [-0.1, -0.05) is 13.0 Å². The van der Waals surface area contributed by atoms with Crippen LogP contribution in [-0.4, -0.2) is 45.5 Å². The molecule has 148 valence electrons. The van der Waals surface area contributed by atoms with Gasteiger partial charge in [-0.2, -0.15) is 0 Å². The minimum atomic E-state index is 0. The number of hydrogen-bond acceptors (Lipinski definition) is 4. The van der Waals surface area contributed by atoms with Gasteiger partial charge in [0.2, 0.25) is 0 Å². The summed E-state index contributed by atoms with van der Waals surface area (Å²) in [5.41, 5.74) is 1.08. The Kier molecular flexibility index (Phi) is 11.4. The molecule has 6 nitrogen and oxygen atoms in total. The van der Waals surface area contributed by atoms with E-state index in [-0.39, 0.29) is 24.0 Å². The van der Waals surface area contributed by atoms with Gasteiger partial charge in [0.15, 0.2) is 17.5 Å². The van der Waals surface area contributed by atoms with Gasteiger partial charge >= 0.3 is 0 Å². The molecule has 1 unspecified atom stereocenters. The van der Waals surface area contributed by atoms with Gasteiger partial charge in [-0.25, -0.2) is 4.99 Å². The molecule has 0 bridgehead atoms. The minimum Gasteiger partial charge on any atom is -0.493 e. The van der Waals surface area contributed by atoms with Gasteiger partial charge < -0.3 is 24.8 Å². The van der Waals surface area contributed by atoms with Crippen molar-refractivity contribution in [2.24, 2.45) is 4.99 Å². The molecule has 1 aromatic rings. The summed E-state index contributed by atoms with van der Waals surface area (Å²) >= 11 is 0. The summed E-state index contributed by atoms with van der Waals surface area (Å²) in [6.07, 6.45) is 3.52. The van der Waals surface area contributed by atoms with Gasteiger partial charge in [0, 0.05) is 19.7 Å². The van der Waals surface area contributed by atoms with Gasteiger partial charge in [0.1, 0.15) is 0 Å². The lowest BCUT2D eigenvalue weighted by Gasteiger charge is -2.15. The second-order valence-electron chi connectivity index (χ2n) is 6.04. The summed E-state index contributed by atoms with van der Waals surface area (Å²) in [6.45, 7) is 7.89. The van der Waals surface area contributed by atoms with Crippen LogP contribution in [0.3, 0.4) is 0 Å². The molecular weight excluding hydrogens is 445 g/mol. The van der Waals surface area contributed by atoms with E-state index in [4.69, 9.17) is 14.2 Å². The van der Waals surface area contributed by atoms with Crippen molar-refractivity contribution in [3.8, 4) is 11.5 Å². The first-order valence-corrected chi connectivity index (χ1v) is 9.20. The Morgan fingerprint density at radius 1 is 1.27 bits per heavy atom. The molecule has 1 aromatic carbocycles. The highest BCUT2D eigenvalue weighted by Gasteiger charge is 2.15. The van der Waals surface area contributed by atoms with E-state index in [1.807, 2.05) is 18.2 Å². The van der Waals surface area contributed by atoms with E-state index in [2.05, 4.69) is 29.5 Å². The van der Waals surface area contributed by atoms with Crippen molar-refractivity contribution in [3.05, 3.63) is 23.8 Å². The molecule has 1 atom stereocenters. The van der Waals surface area contributed by atoms with Crippen molar-refractivity contribution in [1.29, 1.82) is 0 Å². The molecular formula is C19H32IN3O3. The molecule has 0 amide bonds. The summed E-state index contributed by atoms with van der Waals surface area (Å²) in [6, 6.07) is 5.96. The monoisotopic (exact) mass is 477 g/mol. The van der Waals surface area contributed by atoms with Crippen molar-refractivity contribution in [3.63, 3.8) is 0 Å². The third-order valence-corrected chi connectivity index (χ3v) is 3.97. The lowest BCUT2D eigenvalue weighted by atomic mass is 10.2. The Bertz CT molecular complexity index is 549. The van der Waals surface area contributed by atoms with Crippen LogP contribution in [-0.2, 0) is 11.3 Å². The summed E-state index contributed by atoms with van der Waals surface area (Å²) in [4.78, 5) is 4.65. The molecule has 2 N–H and O–H groups in total. The normalized spacial score (nSPS) is 16.7. The Hall–Kier alpha value is -1.22. The summed E-state index contributed by atoms with van der Waals surface area (Å²) < 4.78 is 16.8. The average molecular weight is 477 g/mol. The van der Waals surface area contributed by atoms with Crippen molar-refractivity contribution >= 4 is 29.9 Å². The van der Waals surface area contributed by atoms with Gasteiger partial charge in [-0.05, 0) is 43.9 Å². The van der Waals surface area contributed by atoms with Crippen LogP contribution in [0.1, 0.15) is 38.7 Å². The van der Waals surface area contributed by atoms with E-state index in [1.54, 1.807) is 7.11 Å². The number of ether oxygens (including phenoxy) is 3. The number of rotatable bonds is 9. The Morgan fingerprint density at radius 3 is 2.77 bits per heavy atom. The van der Waals surface area contributed by atoms with Gasteiger partial charge in [0.05, 0.1) is 26.4 Å². The van der Waals surface area contributed by atoms with Crippen molar-refractivity contribution in [1.82, 2.24) is 10.6 Å². The van der Waals surface area contributed by atoms with Gasteiger partial charge in [-0.15, -0.1) is 24.0 Å². The molecule has 0 aliphatic carbocycles. The quantitative estimate of drug-likeness (QED) is 0.325. The predicted octanol–water partition coefficient (Wildman–Crippen LogP) is 3.34. The highest BCUT2D eigenvalue weighted by atomic mass is 127. The molecule has 0 aromatic heterocycles. The Balaban J connectivity index is 0.00000338. The number of nitrogens with one attached hydrogen (secondary N) is 2. The van der Waals surface area contributed by atoms with Crippen LogP contribution in [0.25, 0.3) is 0 Å². The molecule has 0 saturated carbocycles. The van der Waals surface area contributed by atoms with E-state index in [1.165, 1.54) is 0 Å². The lowest BCUT2D eigenvalue weighted by molar-refractivity contribution is 0.114. The lowest BCUT2D eigenvalue weighted by Crippen LogP contribution is -2.41. The van der Waals surface area contributed by atoms with Crippen LogP contribution < -0.4 is 20.1 Å². The molecule has 1 fully saturated rings. The highest BCUT2D eigenvalue weighted by molar-refractivity contribution is 14.0. The summed E-state index contributed by atoms with van der Waals surface area (Å²) in [7, 11) is 1.66. The number of nitrogens with zero attached hydrogens (tertiary/aromatic N) is 1. The van der Waals surface area contributed by atoms with E-state index in [0.717, 1.165) is 62.0 Å². The maximum Gasteiger partial charge on any atom is 0.191 e. The molecule has 7 heteroatoms. The third-order valence-electron chi connectivity index (χ3n) is 3.97. The first-order valence-electron chi connectivity index (χ1n) is 9.20. The summed E-state index contributed by atoms with van der Waals surface area (Å²) in [5, 5.41) is 6.63. The molecule has 1 aliphatic heterocycles. The SMILES string of the molecule is CCCOc1ccc(CN=C(NCC)NCC2CCCO2)cc1OC.I. The van der Waals surface area contributed by atoms with Crippen LogP contribution >= 0.6 is 24.0 Å². The standard InChI is InChI=1S/C19H31N3O3.HI/c1-4-10-25-17-9-8-15(12-18(17)23-3)13-21-19(20-5-2)22-14-16-7-6-11-24-16;/h8-9,12,16H,4-7,10-11,13-14H2,1-3H3,(H2,20,21,22);1H. The molecule has 0 spiro atoms. The van der Waals surface area contributed by atoms with E-state index in [9.17, 15) is 0 Å². The summed E-state index contributed by atoms with van der Waals surface area (Å²) in [5.74, 6) is 2.34. The molecule has 1 heterocycles. The molecule has 0 radical (unpaired) electrons.